The summed E-state index contributed by atoms with van der Waals surface area (Å²) in [5, 5.41) is -3.05. The van der Waals surface area contributed by atoms with Crippen molar-refractivity contribution in [2.24, 2.45) is 0 Å². The minimum atomic E-state index is -4.39. The zero-order valence-electron chi connectivity index (χ0n) is 35.1. The maximum Gasteiger partial charge on any atom is 0.338 e. The zero-order chi connectivity index (χ0) is 50.3. The van der Waals surface area contributed by atoms with Crippen molar-refractivity contribution in [2.75, 3.05) is 49.4 Å². The summed E-state index contributed by atoms with van der Waals surface area (Å²) in [5.41, 5.74) is -0.624. The van der Waals surface area contributed by atoms with Crippen LogP contribution in [0.15, 0.2) is 48.5 Å². The third-order valence-electron chi connectivity index (χ3n) is 9.36. The van der Waals surface area contributed by atoms with Crippen LogP contribution in [0.4, 0.5) is 35.1 Å². The van der Waals surface area contributed by atoms with Crippen LogP contribution in [0.2, 0.25) is 0 Å². The van der Waals surface area contributed by atoms with Gasteiger partial charge in [0.05, 0.1) is 46.6 Å². The summed E-state index contributed by atoms with van der Waals surface area (Å²) in [6.07, 6.45) is -1.02. The van der Waals surface area contributed by atoms with Crippen LogP contribution < -0.4 is 9.47 Å². The Kier molecular flexibility index (Phi) is 21.8. The van der Waals surface area contributed by atoms with E-state index in [0.29, 0.717) is 22.6 Å². The van der Waals surface area contributed by atoms with Gasteiger partial charge in [-0.2, -0.15) is 34.4 Å². The number of rotatable bonds is 27. The minimum Gasteiger partial charge on any atom is -0.487 e. The van der Waals surface area contributed by atoms with Gasteiger partial charge in [0, 0.05) is 22.6 Å². The molecule has 4 aromatic rings. The Labute approximate surface area is 403 Å². The highest BCUT2D eigenvalue weighted by Gasteiger charge is 2.32. The van der Waals surface area contributed by atoms with Crippen LogP contribution in [0.3, 0.4) is 0 Å². The van der Waals surface area contributed by atoms with Gasteiger partial charge in [-0.3, -0.25) is 9.11 Å². The first-order valence-corrected chi connectivity index (χ1v) is 26.5. The number of hydrogen-bond donors (Lipinski definition) is 2. The number of alkyl halides is 2. The third-order valence-corrected chi connectivity index (χ3v) is 14.2. The van der Waals surface area contributed by atoms with E-state index in [4.69, 9.17) is 41.8 Å². The molecule has 4 aromatic carbocycles. The summed E-state index contributed by atoms with van der Waals surface area (Å²) in [6.45, 7) is -1.27. The van der Waals surface area contributed by atoms with Gasteiger partial charge < -0.3 is 18.9 Å². The zero-order valence-corrected chi connectivity index (χ0v) is 39.8. The van der Waals surface area contributed by atoms with E-state index in [2.05, 4.69) is 9.47 Å². The Morgan fingerprint density at radius 3 is 1.12 bits per heavy atom. The highest BCUT2D eigenvalue weighted by molar-refractivity contribution is 8.76. The maximum atomic E-state index is 14.8. The van der Waals surface area contributed by atoms with Gasteiger partial charge in [0.25, 0.3) is 20.2 Å². The fraction of sp³-hybridized carbons (Fsp3) is 0.381. The Morgan fingerprint density at radius 2 is 0.824 bits per heavy atom. The second kappa shape index (κ2) is 26.2. The molecule has 2 atom stereocenters. The molecule has 0 aliphatic carbocycles. The molecular formula is C42H40Cl2F8O12S4. The first kappa shape index (κ1) is 56.5. The molecular weight excluding hydrogens is 1050 g/mol. The largest absolute Gasteiger partial charge is 0.487 e. The molecule has 2 unspecified atom stereocenters. The number of carbonyl (C=O) groups is 2. The number of aryl methyl sites for hydroxylation is 2. The maximum absolute atomic E-state index is 14.8. The number of halogens is 10. The molecule has 0 saturated heterocycles. The van der Waals surface area contributed by atoms with Crippen LogP contribution >= 0.6 is 44.8 Å². The predicted molar refractivity (Wildman–Crippen MR) is 238 cm³/mol. The minimum absolute atomic E-state index is 0.0321. The van der Waals surface area contributed by atoms with Crippen molar-refractivity contribution in [1.82, 2.24) is 0 Å². The van der Waals surface area contributed by atoms with E-state index in [1.54, 1.807) is 0 Å². The van der Waals surface area contributed by atoms with Gasteiger partial charge in [-0.25, -0.2) is 27.2 Å². The molecule has 0 amide bonds. The molecule has 4 rings (SSSR count). The molecule has 0 aromatic heterocycles. The van der Waals surface area contributed by atoms with Gasteiger partial charge in [-0.1, -0.05) is 45.9 Å². The van der Waals surface area contributed by atoms with Gasteiger partial charge in [-0.15, -0.1) is 23.2 Å². The Hall–Kier alpha value is -4.04. The first-order chi connectivity index (χ1) is 32.0. The van der Waals surface area contributed by atoms with Crippen molar-refractivity contribution < 1.29 is 89.6 Å². The third kappa shape index (κ3) is 16.8. The van der Waals surface area contributed by atoms with Gasteiger partial charge in [-0.05, 0) is 73.9 Å². The molecule has 0 bridgehead atoms. The Bertz CT molecular complexity index is 2380. The van der Waals surface area contributed by atoms with Crippen molar-refractivity contribution >= 4 is 77.0 Å². The van der Waals surface area contributed by atoms with Gasteiger partial charge in [0.15, 0.2) is 34.8 Å². The fourth-order valence-corrected chi connectivity index (χ4v) is 9.22. The van der Waals surface area contributed by atoms with E-state index in [1.165, 1.54) is 70.1 Å². The summed E-state index contributed by atoms with van der Waals surface area (Å²) in [5.74, 6) is -19.6. The first-order valence-electron chi connectivity index (χ1n) is 19.9. The number of esters is 2. The quantitative estimate of drug-likeness (QED) is 0.0110. The second-order valence-electron chi connectivity index (χ2n) is 14.3. The molecule has 2 N–H and O–H groups in total. The predicted octanol–water partition coefficient (Wildman–Crippen LogP) is 10.3. The van der Waals surface area contributed by atoms with Crippen molar-refractivity contribution in [2.45, 2.75) is 49.3 Å². The highest BCUT2D eigenvalue weighted by Crippen LogP contribution is 2.39. The van der Waals surface area contributed by atoms with E-state index in [1.807, 2.05) is 0 Å². The molecule has 0 spiro atoms. The molecule has 0 heterocycles. The van der Waals surface area contributed by atoms with Gasteiger partial charge in [0.1, 0.15) is 13.2 Å². The topological polar surface area (TPSA) is 180 Å². The molecule has 0 saturated carbocycles. The smallest absolute Gasteiger partial charge is 0.338 e. The molecule has 374 valence electrons. The van der Waals surface area contributed by atoms with E-state index < -0.39 is 150 Å². The molecule has 0 aliphatic rings. The summed E-state index contributed by atoms with van der Waals surface area (Å²) >= 11 is 12.3. The average Bonchev–Trinajstić information content (AvgIpc) is 3.28. The van der Waals surface area contributed by atoms with E-state index >= 15 is 0 Å². The van der Waals surface area contributed by atoms with Gasteiger partial charge >= 0.3 is 11.9 Å². The van der Waals surface area contributed by atoms with E-state index in [-0.39, 0.29) is 50.0 Å². The number of ether oxygens (including phenoxy) is 4. The average molecular weight is 1090 g/mol. The monoisotopic (exact) mass is 1090 g/mol. The lowest BCUT2D eigenvalue weighted by molar-refractivity contribution is 0.0520. The SMILES string of the molecule is O=C(OCCSSCCOC(=O)c1ccc(CCC(Cl)c2c(F)c(F)c(OCCCS(=O)(=O)O)c(F)c2F)cc1)c1ccc(CCC(Cl)c2c(F)c(F)c(OCCCS(=O)(=O)O)c(F)c2F)cc1. The Morgan fingerprint density at radius 1 is 0.515 bits per heavy atom. The molecule has 0 fully saturated rings. The number of hydrogen-bond acceptors (Lipinski definition) is 12. The van der Waals surface area contributed by atoms with Crippen molar-refractivity contribution in [3.63, 3.8) is 0 Å². The van der Waals surface area contributed by atoms with E-state index in [9.17, 15) is 61.5 Å². The summed E-state index contributed by atoms with van der Waals surface area (Å²) in [6, 6.07) is 11.9. The number of benzene rings is 4. The lowest BCUT2D eigenvalue weighted by Crippen LogP contribution is -2.13. The van der Waals surface area contributed by atoms with Crippen LogP contribution in [0, 0.1) is 46.5 Å². The molecule has 26 heteroatoms. The van der Waals surface area contributed by atoms with Gasteiger partial charge in [0.2, 0.25) is 23.3 Å². The van der Waals surface area contributed by atoms with Crippen molar-refractivity contribution in [3.05, 3.63) is 128 Å². The summed E-state index contributed by atoms with van der Waals surface area (Å²) in [7, 11) is -6.11. The standard InChI is InChI=1S/C42H40Cl2F8O12S4/c43-27(29-31(45)35(49)39(36(50)32(29)46)61-15-1-21-67(55,56)57)13-7-23-3-9-25(10-4-23)41(53)63-17-19-65-66-20-18-64-42(54)26-11-5-24(6-12-26)8-14-28(44)30-33(47)37(51)40(38(52)34(30)48)62-16-2-22-68(58,59)60/h3-6,9-12,27-28H,1-2,7-8,13-22H2,(H,55,56,57)(H,58,59,60). The molecule has 0 aliphatic heterocycles. The molecule has 12 nitrogen and oxygen atoms in total. The van der Waals surface area contributed by atoms with E-state index in [0.717, 1.165) is 0 Å². The fourth-order valence-electron chi connectivity index (χ4n) is 6.00. The van der Waals surface area contributed by atoms with Crippen LogP contribution in [0.5, 0.6) is 11.5 Å². The molecule has 68 heavy (non-hydrogen) atoms. The van der Waals surface area contributed by atoms with Crippen LogP contribution in [-0.4, -0.2) is 87.3 Å². The van der Waals surface area contributed by atoms with Crippen molar-refractivity contribution in [3.8, 4) is 11.5 Å². The van der Waals surface area contributed by atoms with Crippen LogP contribution in [-0.2, 0) is 42.6 Å². The second-order valence-corrected chi connectivity index (χ2v) is 21.2. The van der Waals surface area contributed by atoms with Crippen LogP contribution in [0.25, 0.3) is 0 Å². The Balaban J connectivity index is 1.12. The normalized spacial score (nSPS) is 12.7. The molecule has 0 radical (unpaired) electrons. The number of carbonyl (C=O) groups excluding carboxylic acids is 2. The highest BCUT2D eigenvalue weighted by atomic mass is 35.5. The summed E-state index contributed by atoms with van der Waals surface area (Å²) in [4.78, 5) is 25.0. The van der Waals surface area contributed by atoms with Crippen LogP contribution in [0.1, 0.15) is 79.4 Å². The summed E-state index contributed by atoms with van der Waals surface area (Å²) < 4.78 is 198. The van der Waals surface area contributed by atoms with Crippen molar-refractivity contribution in [1.29, 1.82) is 0 Å². The lowest BCUT2D eigenvalue weighted by Gasteiger charge is -2.16. The lowest BCUT2D eigenvalue weighted by atomic mass is 10.0.